The van der Waals surface area contributed by atoms with Gasteiger partial charge in [0.25, 0.3) is 0 Å². The van der Waals surface area contributed by atoms with Crippen LogP contribution >= 0.6 is 0 Å². The molecule has 2 rings (SSSR count). The van der Waals surface area contributed by atoms with E-state index in [0.29, 0.717) is 18.7 Å². The molecule has 16 heavy (non-hydrogen) atoms. The fourth-order valence-electron chi connectivity index (χ4n) is 2.02. The minimum atomic E-state index is -1.19. The highest BCUT2D eigenvalue weighted by molar-refractivity contribution is 5.27. The zero-order valence-corrected chi connectivity index (χ0v) is 9.16. The van der Waals surface area contributed by atoms with E-state index in [4.69, 9.17) is 0 Å². The van der Waals surface area contributed by atoms with E-state index in [9.17, 15) is 13.9 Å². The molecule has 0 radical (unpaired) electrons. The molecule has 2 atom stereocenters. The molecule has 1 heterocycles. The first kappa shape index (κ1) is 11.5. The van der Waals surface area contributed by atoms with E-state index >= 15 is 0 Å². The molecule has 0 spiro atoms. The van der Waals surface area contributed by atoms with Gasteiger partial charge in [-0.15, -0.1) is 0 Å². The fourth-order valence-corrected chi connectivity index (χ4v) is 2.02. The average molecular weight is 227 g/mol. The monoisotopic (exact) mass is 227 g/mol. The molecule has 0 saturated carbocycles. The first-order valence-corrected chi connectivity index (χ1v) is 5.36. The van der Waals surface area contributed by atoms with E-state index in [1.165, 1.54) is 6.07 Å². The number of hydrogen-bond acceptors (Lipinski definition) is 2. The number of β-amino-alcohol motifs (C(OH)–C–C–N with tert-alkyl or cyclic N) is 1. The van der Waals surface area contributed by atoms with Crippen molar-refractivity contribution in [1.82, 2.24) is 4.90 Å². The predicted molar refractivity (Wildman–Crippen MR) is 57.3 cm³/mol. The van der Waals surface area contributed by atoms with Crippen molar-refractivity contribution in [2.24, 2.45) is 0 Å². The molecule has 88 valence electrons. The Balaban J connectivity index is 2.08. The minimum absolute atomic E-state index is 0.219. The fraction of sp³-hybridized carbons (Fsp3) is 0.500. The number of aliphatic hydroxyl groups is 1. The number of hydrogen-bond donors (Lipinski definition) is 1. The summed E-state index contributed by atoms with van der Waals surface area (Å²) in [6, 6.07) is 4.89. The molecule has 1 N–H and O–H groups in total. The molecule has 1 aromatic rings. The van der Waals surface area contributed by atoms with E-state index in [-0.39, 0.29) is 12.4 Å². The molecule has 1 aliphatic heterocycles. The van der Waals surface area contributed by atoms with Gasteiger partial charge in [-0.1, -0.05) is 12.1 Å². The summed E-state index contributed by atoms with van der Waals surface area (Å²) in [6.07, 6.45) is -2.09. The molecule has 4 heteroatoms. The molecule has 0 amide bonds. The third-order valence-electron chi connectivity index (χ3n) is 3.07. The Morgan fingerprint density at radius 1 is 1.44 bits per heavy atom. The van der Waals surface area contributed by atoms with Gasteiger partial charge >= 0.3 is 0 Å². The van der Waals surface area contributed by atoms with Gasteiger partial charge in [0.05, 0.1) is 6.10 Å². The third kappa shape index (κ3) is 2.23. The van der Waals surface area contributed by atoms with Crippen molar-refractivity contribution in [3.8, 4) is 0 Å². The lowest BCUT2D eigenvalue weighted by atomic mass is 10.1. The van der Waals surface area contributed by atoms with E-state index < -0.39 is 12.3 Å². The summed E-state index contributed by atoms with van der Waals surface area (Å²) in [6.45, 7) is 2.74. The van der Waals surface area contributed by atoms with E-state index in [0.717, 1.165) is 5.56 Å². The first-order valence-electron chi connectivity index (χ1n) is 5.36. The summed E-state index contributed by atoms with van der Waals surface area (Å²) in [4.78, 5) is 1.80. The summed E-state index contributed by atoms with van der Waals surface area (Å²) in [5.74, 6) is -0.242. The van der Waals surface area contributed by atoms with Crippen LogP contribution in [0.4, 0.5) is 8.78 Å². The SMILES string of the molecule is Cc1c(F)cccc1CN1C[C@@H](O)[C@H](F)C1. The van der Waals surface area contributed by atoms with Crippen LogP contribution in [0.1, 0.15) is 11.1 Å². The first-order chi connectivity index (χ1) is 7.58. The lowest BCUT2D eigenvalue weighted by molar-refractivity contribution is 0.115. The summed E-state index contributed by atoms with van der Waals surface area (Å²) in [5, 5.41) is 9.28. The van der Waals surface area contributed by atoms with Crippen molar-refractivity contribution in [3.63, 3.8) is 0 Å². The van der Waals surface area contributed by atoms with Crippen LogP contribution in [0.15, 0.2) is 18.2 Å². The highest BCUT2D eigenvalue weighted by Crippen LogP contribution is 2.19. The van der Waals surface area contributed by atoms with Gasteiger partial charge in [0, 0.05) is 19.6 Å². The van der Waals surface area contributed by atoms with Crippen molar-refractivity contribution in [2.45, 2.75) is 25.7 Å². The lowest BCUT2D eigenvalue weighted by Crippen LogP contribution is -2.22. The largest absolute Gasteiger partial charge is 0.389 e. The summed E-state index contributed by atoms with van der Waals surface area (Å²) in [5.41, 5.74) is 1.44. The van der Waals surface area contributed by atoms with Crippen LogP contribution < -0.4 is 0 Å². The Morgan fingerprint density at radius 2 is 2.19 bits per heavy atom. The van der Waals surface area contributed by atoms with Crippen LogP contribution in [0.2, 0.25) is 0 Å². The Bertz CT molecular complexity index is 373. The van der Waals surface area contributed by atoms with E-state index in [1.807, 2.05) is 6.07 Å². The van der Waals surface area contributed by atoms with Gasteiger partial charge in [-0.05, 0) is 24.1 Å². The molecule has 1 aliphatic rings. The highest BCUT2D eigenvalue weighted by atomic mass is 19.1. The molecule has 0 bridgehead atoms. The van der Waals surface area contributed by atoms with Crippen molar-refractivity contribution in [2.75, 3.05) is 13.1 Å². The van der Waals surface area contributed by atoms with Crippen molar-refractivity contribution >= 4 is 0 Å². The Labute approximate surface area is 93.5 Å². The summed E-state index contributed by atoms with van der Waals surface area (Å²) >= 11 is 0. The van der Waals surface area contributed by atoms with Gasteiger partial charge < -0.3 is 5.11 Å². The molecule has 0 aliphatic carbocycles. The molecule has 1 saturated heterocycles. The number of nitrogens with zero attached hydrogens (tertiary/aromatic N) is 1. The maximum absolute atomic E-state index is 13.3. The second-order valence-corrected chi connectivity index (χ2v) is 4.30. The summed E-state index contributed by atoms with van der Waals surface area (Å²) in [7, 11) is 0. The maximum atomic E-state index is 13.3. The predicted octanol–water partition coefficient (Wildman–Crippen LogP) is 1.65. The van der Waals surface area contributed by atoms with Gasteiger partial charge in [-0.2, -0.15) is 0 Å². The van der Waals surface area contributed by atoms with E-state index in [2.05, 4.69) is 0 Å². The smallest absolute Gasteiger partial charge is 0.140 e. The van der Waals surface area contributed by atoms with Gasteiger partial charge in [0.15, 0.2) is 0 Å². The molecular formula is C12H15F2NO. The van der Waals surface area contributed by atoms with Gasteiger partial charge in [0.1, 0.15) is 12.0 Å². The van der Waals surface area contributed by atoms with Gasteiger partial charge in [-0.3, -0.25) is 4.90 Å². The number of halogens is 2. The van der Waals surface area contributed by atoms with Crippen LogP contribution in [0.3, 0.4) is 0 Å². The molecule has 0 unspecified atom stereocenters. The topological polar surface area (TPSA) is 23.5 Å². The molecule has 1 aromatic carbocycles. The van der Waals surface area contributed by atoms with Crippen molar-refractivity contribution in [1.29, 1.82) is 0 Å². The van der Waals surface area contributed by atoms with Gasteiger partial charge in [-0.25, -0.2) is 8.78 Å². The average Bonchev–Trinajstić information content (AvgIpc) is 2.54. The van der Waals surface area contributed by atoms with Crippen LogP contribution in [0.5, 0.6) is 0 Å². The number of rotatable bonds is 2. The number of alkyl halides is 1. The zero-order chi connectivity index (χ0) is 11.7. The molecule has 1 fully saturated rings. The van der Waals surface area contributed by atoms with Crippen LogP contribution in [-0.4, -0.2) is 35.4 Å². The highest BCUT2D eigenvalue weighted by Gasteiger charge is 2.31. The van der Waals surface area contributed by atoms with Gasteiger partial charge in [0.2, 0.25) is 0 Å². The maximum Gasteiger partial charge on any atom is 0.140 e. The van der Waals surface area contributed by atoms with E-state index in [1.54, 1.807) is 17.9 Å². The van der Waals surface area contributed by atoms with Crippen LogP contribution in [0.25, 0.3) is 0 Å². The zero-order valence-electron chi connectivity index (χ0n) is 9.16. The lowest BCUT2D eigenvalue weighted by Gasteiger charge is -2.16. The Kier molecular flexibility index (Phi) is 3.21. The Morgan fingerprint density at radius 3 is 2.81 bits per heavy atom. The standard InChI is InChI=1S/C12H15F2NO/c1-8-9(3-2-4-10(8)13)5-15-6-11(14)12(16)7-15/h2-4,11-12,16H,5-7H2,1H3/t11-,12-/m1/s1. The van der Waals surface area contributed by atoms with Crippen molar-refractivity contribution < 1.29 is 13.9 Å². The quantitative estimate of drug-likeness (QED) is 0.830. The number of likely N-dealkylation sites (tertiary alicyclic amines) is 1. The summed E-state index contributed by atoms with van der Waals surface area (Å²) < 4.78 is 26.3. The van der Waals surface area contributed by atoms with Crippen LogP contribution in [0, 0.1) is 12.7 Å². The van der Waals surface area contributed by atoms with Crippen molar-refractivity contribution in [3.05, 3.63) is 35.1 Å². The second-order valence-electron chi connectivity index (χ2n) is 4.30. The normalized spacial score (nSPS) is 26.2. The number of aliphatic hydroxyl groups excluding tert-OH is 1. The van der Waals surface area contributed by atoms with Crippen LogP contribution in [-0.2, 0) is 6.54 Å². The minimum Gasteiger partial charge on any atom is -0.389 e. The number of benzene rings is 1. The Hall–Kier alpha value is -1.00. The molecular weight excluding hydrogens is 212 g/mol. The third-order valence-corrected chi connectivity index (χ3v) is 3.07. The second kappa shape index (κ2) is 4.47. The molecule has 0 aromatic heterocycles. The molecule has 2 nitrogen and oxygen atoms in total.